The third-order valence-electron chi connectivity index (χ3n) is 3.22. The molecule has 2 rings (SSSR count). The maximum atomic E-state index is 12.7. The molecule has 0 aliphatic heterocycles. The van der Waals surface area contributed by atoms with Crippen molar-refractivity contribution in [3.05, 3.63) is 48.3 Å². The van der Waals surface area contributed by atoms with Crippen LogP contribution in [-0.4, -0.2) is 22.1 Å². The minimum Gasteiger partial charge on any atom is -0.508 e. The molecular formula is C16H20N2O2. The first kappa shape index (κ1) is 14.2. The van der Waals surface area contributed by atoms with Gasteiger partial charge in [-0.25, -0.2) is 0 Å². The van der Waals surface area contributed by atoms with Gasteiger partial charge in [-0.15, -0.1) is 0 Å². The summed E-state index contributed by atoms with van der Waals surface area (Å²) in [4.78, 5) is 14.3. The molecule has 4 heteroatoms. The van der Waals surface area contributed by atoms with Gasteiger partial charge in [-0.2, -0.15) is 0 Å². The minimum absolute atomic E-state index is 0.0449. The van der Waals surface area contributed by atoms with E-state index in [0.717, 1.165) is 13.0 Å². The van der Waals surface area contributed by atoms with Crippen LogP contribution in [0.4, 0.5) is 5.69 Å². The molecule has 1 heterocycles. The number of hydrogen-bond donors (Lipinski definition) is 1. The van der Waals surface area contributed by atoms with Crippen molar-refractivity contribution in [1.82, 2.24) is 4.57 Å². The molecule has 0 unspecified atom stereocenters. The van der Waals surface area contributed by atoms with E-state index in [1.807, 2.05) is 35.9 Å². The molecule has 0 radical (unpaired) electrons. The third-order valence-corrected chi connectivity index (χ3v) is 3.22. The number of phenolic OH excluding ortho intramolecular Hbond substituents is 1. The maximum absolute atomic E-state index is 12.7. The summed E-state index contributed by atoms with van der Waals surface area (Å²) in [5, 5.41) is 9.57. The number of aromatic nitrogens is 1. The molecule has 1 N–H and O–H groups in total. The molecule has 1 aromatic heterocycles. The van der Waals surface area contributed by atoms with Crippen LogP contribution >= 0.6 is 0 Å². The Morgan fingerprint density at radius 2 is 2.05 bits per heavy atom. The van der Waals surface area contributed by atoms with Crippen molar-refractivity contribution in [3.8, 4) is 5.75 Å². The molecule has 106 valence electrons. The summed E-state index contributed by atoms with van der Waals surface area (Å²) >= 11 is 0. The zero-order chi connectivity index (χ0) is 14.5. The molecule has 0 fully saturated rings. The quantitative estimate of drug-likeness (QED) is 0.908. The lowest BCUT2D eigenvalue weighted by Crippen LogP contribution is -2.32. The number of carbonyl (C=O) groups is 1. The molecule has 0 aliphatic carbocycles. The topological polar surface area (TPSA) is 45.5 Å². The fraction of sp³-hybridized carbons (Fsp3) is 0.312. The van der Waals surface area contributed by atoms with E-state index in [1.165, 1.54) is 0 Å². The third kappa shape index (κ3) is 2.85. The summed E-state index contributed by atoms with van der Waals surface area (Å²) in [6.07, 6.45) is 2.90. The summed E-state index contributed by atoms with van der Waals surface area (Å²) in [6.45, 7) is 5.39. The zero-order valence-electron chi connectivity index (χ0n) is 11.9. The number of anilines is 1. The van der Waals surface area contributed by atoms with E-state index in [0.29, 0.717) is 17.9 Å². The van der Waals surface area contributed by atoms with E-state index in [4.69, 9.17) is 0 Å². The van der Waals surface area contributed by atoms with E-state index < -0.39 is 0 Å². The van der Waals surface area contributed by atoms with Crippen LogP contribution in [0.15, 0.2) is 42.6 Å². The van der Waals surface area contributed by atoms with Crippen molar-refractivity contribution in [3.63, 3.8) is 0 Å². The van der Waals surface area contributed by atoms with Crippen molar-refractivity contribution in [2.45, 2.75) is 26.8 Å². The predicted octanol–water partition coefficient (Wildman–Crippen LogP) is 3.27. The van der Waals surface area contributed by atoms with Gasteiger partial charge in [0.2, 0.25) is 0 Å². The van der Waals surface area contributed by atoms with Gasteiger partial charge in [0.25, 0.3) is 5.91 Å². The first-order chi connectivity index (χ1) is 9.67. The fourth-order valence-corrected chi connectivity index (χ4v) is 2.29. The van der Waals surface area contributed by atoms with Crippen LogP contribution in [0.25, 0.3) is 0 Å². The summed E-state index contributed by atoms with van der Waals surface area (Å²) in [5.41, 5.74) is 1.39. The molecular weight excluding hydrogens is 252 g/mol. The van der Waals surface area contributed by atoms with Gasteiger partial charge in [0.1, 0.15) is 11.4 Å². The first-order valence-electron chi connectivity index (χ1n) is 6.93. The maximum Gasteiger partial charge on any atom is 0.274 e. The highest BCUT2D eigenvalue weighted by Gasteiger charge is 2.19. The van der Waals surface area contributed by atoms with Gasteiger partial charge in [0.05, 0.1) is 0 Å². The van der Waals surface area contributed by atoms with Gasteiger partial charge in [0.15, 0.2) is 0 Å². The molecule has 1 aromatic carbocycles. The Bertz CT molecular complexity index is 590. The summed E-state index contributed by atoms with van der Waals surface area (Å²) in [6, 6.07) is 10.5. The Morgan fingerprint density at radius 1 is 1.25 bits per heavy atom. The molecule has 0 saturated heterocycles. The Labute approximate surface area is 119 Å². The average molecular weight is 272 g/mol. The number of phenols is 1. The first-order valence-corrected chi connectivity index (χ1v) is 6.93. The van der Waals surface area contributed by atoms with E-state index >= 15 is 0 Å². The van der Waals surface area contributed by atoms with Crippen molar-refractivity contribution >= 4 is 11.6 Å². The second-order valence-electron chi connectivity index (χ2n) is 4.66. The molecule has 0 spiro atoms. The highest BCUT2D eigenvalue weighted by molar-refractivity contribution is 6.05. The number of benzene rings is 1. The Morgan fingerprint density at radius 3 is 2.70 bits per heavy atom. The van der Waals surface area contributed by atoms with E-state index in [-0.39, 0.29) is 11.7 Å². The predicted molar refractivity (Wildman–Crippen MR) is 80.2 cm³/mol. The standard InChI is InChI=1S/C16H20N2O2/c1-3-10-17-11-6-9-15(17)16(20)18(4-2)13-7-5-8-14(19)12-13/h5-9,11-12,19H,3-4,10H2,1-2H3. The molecule has 0 bridgehead atoms. The van der Waals surface area contributed by atoms with Crippen molar-refractivity contribution in [2.75, 3.05) is 11.4 Å². The van der Waals surface area contributed by atoms with Crippen LogP contribution < -0.4 is 4.90 Å². The van der Waals surface area contributed by atoms with Crippen LogP contribution in [0.5, 0.6) is 5.75 Å². The number of carbonyl (C=O) groups excluding carboxylic acids is 1. The van der Waals surface area contributed by atoms with Crippen LogP contribution in [0.3, 0.4) is 0 Å². The largest absolute Gasteiger partial charge is 0.508 e. The average Bonchev–Trinajstić information content (AvgIpc) is 2.88. The molecule has 0 saturated carbocycles. The Kier molecular flexibility index (Phi) is 4.45. The van der Waals surface area contributed by atoms with Gasteiger partial charge in [-0.05, 0) is 37.6 Å². The van der Waals surface area contributed by atoms with Crippen LogP contribution in [0, 0.1) is 0 Å². The number of hydrogen-bond acceptors (Lipinski definition) is 2. The molecule has 0 aliphatic rings. The molecule has 2 aromatic rings. The van der Waals surface area contributed by atoms with E-state index in [1.54, 1.807) is 23.1 Å². The monoisotopic (exact) mass is 272 g/mol. The van der Waals surface area contributed by atoms with Crippen molar-refractivity contribution in [2.24, 2.45) is 0 Å². The normalized spacial score (nSPS) is 10.5. The van der Waals surface area contributed by atoms with Gasteiger partial charge in [0, 0.05) is 31.0 Å². The lowest BCUT2D eigenvalue weighted by Gasteiger charge is -2.22. The van der Waals surface area contributed by atoms with Gasteiger partial charge >= 0.3 is 0 Å². The highest BCUT2D eigenvalue weighted by Crippen LogP contribution is 2.22. The van der Waals surface area contributed by atoms with Crippen molar-refractivity contribution < 1.29 is 9.90 Å². The molecule has 20 heavy (non-hydrogen) atoms. The van der Waals surface area contributed by atoms with Gasteiger partial charge in [-0.3, -0.25) is 4.79 Å². The second kappa shape index (κ2) is 6.28. The Hall–Kier alpha value is -2.23. The molecule has 1 amide bonds. The fourth-order valence-electron chi connectivity index (χ4n) is 2.29. The van der Waals surface area contributed by atoms with Gasteiger partial charge in [-0.1, -0.05) is 13.0 Å². The van der Waals surface area contributed by atoms with Crippen LogP contribution in [-0.2, 0) is 6.54 Å². The van der Waals surface area contributed by atoms with Gasteiger partial charge < -0.3 is 14.6 Å². The van der Waals surface area contributed by atoms with E-state index in [9.17, 15) is 9.90 Å². The second-order valence-corrected chi connectivity index (χ2v) is 4.66. The summed E-state index contributed by atoms with van der Waals surface area (Å²) < 4.78 is 1.97. The number of nitrogens with zero attached hydrogens (tertiary/aromatic N) is 2. The number of aromatic hydroxyl groups is 1. The number of aryl methyl sites for hydroxylation is 1. The minimum atomic E-state index is -0.0449. The van der Waals surface area contributed by atoms with Crippen LogP contribution in [0.1, 0.15) is 30.8 Å². The smallest absolute Gasteiger partial charge is 0.274 e. The van der Waals surface area contributed by atoms with Crippen LogP contribution in [0.2, 0.25) is 0 Å². The molecule has 0 atom stereocenters. The van der Waals surface area contributed by atoms with E-state index in [2.05, 4.69) is 6.92 Å². The summed E-state index contributed by atoms with van der Waals surface area (Å²) in [5.74, 6) is 0.120. The number of amides is 1. The summed E-state index contributed by atoms with van der Waals surface area (Å²) in [7, 11) is 0. The molecule has 4 nitrogen and oxygen atoms in total. The lowest BCUT2D eigenvalue weighted by molar-refractivity contribution is 0.0979. The van der Waals surface area contributed by atoms with Crippen molar-refractivity contribution in [1.29, 1.82) is 0 Å². The SMILES string of the molecule is CCCn1cccc1C(=O)N(CC)c1cccc(O)c1. The zero-order valence-corrected chi connectivity index (χ0v) is 11.9. The Balaban J connectivity index is 2.31. The number of rotatable bonds is 5. The highest BCUT2D eigenvalue weighted by atomic mass is 16.3. The lowest BCUT2D eigenvalue weighted by atomic mass is 10.2.